The highest BCUT2D eigenvalue weighted by Crippen LogP contribution is 2.22. The van der Waals surface area contributed by atoms with Crippen LogP contribution in [0.4, 0.5) is 4.79 Å². The Balaban J connectivity index is 2.50. The molecule has 5 heteroatoms. The maximum Gasteiger partial charge on any atom is 0.317 e. The fourth-order valence-electron chi connectivity index (χ4n) is 1.73. The summed E-state index contributed by atoms with van der Waals surface area (Å²) in [5.41, 5.74) is 0. The fourth-order valence-corrected chi connectivity index (χ4v) is 1.73. The third kappa shape index (κ3) is 2.71. The molecule has 1 aliphatic heterocycles. The van der Waals surface area contributed by atoms with Crippen LogP contribution < -0.4 is 5.32 Å². The van der Waals surface area contributed by atoms with Gasteiger partial charge in [-0.25, -0.2) is 4.79 Å². The second kappa shape index (κ2) is 4.82. The molecule has 2 N–H and O–H groups in total. The van der Waals surface area contributed by atoms with Gasteiger partial charge in [0.1, 0.15) is 0 Å². The summed E-state index contributed by atoms with van der Waals surface area (Å²) in [6, 6.07) is -0.217. The number of carboxylic acids is 1. The van der Waals surface area contributed by atoms with Crippen molar-refractivity contribution < 1.29 is 14.7 Å². The van der Waals surface area contributed by atoms with Crippen LogP contribution in [0.1, 0.15) is 6.92 Å². The fraction of sp³-hybridized carbons (Fsp3) is 0.600. The Hall–Kier alpha value is -1.52. The summed E-state index contributed by atoms with van der Waals surface area (Å²) in [6.45, 7) is 6.53. The highest BCUT2D eigenvalue weighted by molar-refractivity contribution is 5.77. The molecule has 0 aliphatic carbocycles. The van der Waals surface area contributed by atoms with Crippen molar-refractivity contribution in [3.05, 3.63) is 12.7 Å². The average molecular weight is 212 g/mol. The van der Waals surface area contributed by atoms with Gasteiger partial charge in [0.25, 0.3) is 0 Å². The van der Waals surface area contributed by atoms with E-state index in [0.29, 0.717) is 19.6 Å². The van der Waals surface area contributed by atoms with Crippen LogP contribution in [0.25, 0.3) is 0 Å². The Kier molecular flexibility index (Phi) is 3.71. The van der Waals surface area contributed by atoms with Crippen LogP contribution in [0.15, 0.2) is 12.7 Å². The number of amides is 2. The Morgan fingerprint density at radius 1 is 1.60 bits per heavy atom. The highest BCUT2D eigenvalue weighted by atomic mass is 16.4. The van der Waals surface area contributed by atoms with E-state index in [1.807, 2.05) is 6.92 Å². The lowest BCUT2D eigenvalue weighted by atomic mass is 9.99. The molecule has 0 saturated carbocycles. The molecule has 1 saturated heterocycles. The number of carboxylic acid groups (broad SMARTS) is 1. The number of hydrogen-bond acceptors (Lipinski definition) is 2. The minimum absolute atomic E-state index is 0.0111. The van der Waals surface area contributed by atoms with Gasteiger partial charge in [-0.1, -0.05) is 13.0 Å². The second-order valence-electron chi connectivity index (χ2n) is 3.80. The van der Waals surface area contributed by atoms with Crippen LogP contribution in [-0.2, 0) is 4.79 Å². The zero-order chi connectivity index (χ0) is 11.4. The molecule has 1 aliphatic rings. The largest absolute Gasteiger partial charge is 0.481 e. The molecule has 1 heterocycles. The van der Waals surface area contributed by atoms with E-state index in [2.05, 4.69) is 11.9 Å². The van der Waals surface area contributed by atoms with Gasteiger partial charge < -0.3 is 15.3 Å². The number of rotatable bonds is 3. The third-order valence-corrected chi connectivity index (χ3v) is 2.61. The summed E-state index contributed by atoms with van der Waals surface area (Å²) in [7, 11) is 0. The molecule has 84 valence electrons. The van der Waals surface area contributed by atoms with Crippen molar-refractivity contribution in [3.8, 4) is 0 Å². The molecule has 2 amide bonds. The van der Waals surface area contributed by atoms with Gasteiger partial charge in [-0.2, -0.15) is 0 Å². The smallest absolute Gasteiger partial charge is 0.317 e. The van der Waals surface area contributed by atoms with Crippen molar-refractivity contribution in [1.82, 2.24) is 10.2 Å². The van der Waals surface area contributed by atoms with Gasteiger partial charge in [-0.15, -0.1) is 6.58 Å². The molecule has 0 spiro atoms. The number of nitrogens with one attached hydrogen (secondary N) is 1. The van der Waals surface area contributed by atoms with Crippen molar-refractivity contribution in [1.29, 1.82) is 0 Å². The van der Waals surface area contributed by atoms with E-state index in [9.17, 15) is 9.59 Å². The number of nitrogens with zero attached hydrogens (tertiary/aromatic N) is 1. The monoisotopic (exact) mass is 212 g/mol. The molecule has 0 bridgehead atoms. The van der Waals surface area contributed by atoms with Crippen LogP contribution in [0.3, 0.4) is 0 Å². The van der Waals surface area contributed by atoms with E-state index in [0.717, 1.165) is 0 Å². The first-order chi connectivity index (χ1) is 7.06. The maximum absolute atomic E-state index is 11.5. The third-order valence-electron chi connectivity index (χ3n) is 2.61. The number of aliphatic carboxylic acids is 1. The molecule has 1 rings (SSSR count). The summed E-state index contributed by atoms with van der Waals surface area (Å²) in [6.07, 6.45) is 1.59. The van der Waals surface area contributed by atoms with Gasteiger partial charge >= 0.3 is 12.0 Å². The molecule has 0 aromatic heterocycles. The minimum Gasteiger partial charge on any atom is -0.481 e. The number of hydrogen-bond donors (Lipinski definition) is 2. The lowest BCUT2D eigenvalue weighted by Crippen LogP contribution is -2.39. The molecule has 0 radical (unpaired) electrons. The first-order valence-corrected chi connectivity index (χ1v) is 4.92. The summed E-state index contributed by atoms with van der Waals surface area (Å²) in [5.74, 6) is -1.27. The molecular formula is C10H16N2O3. The van der Waals surface area contributed by atoms with Gasteiger partial charge in [-0.05, 0) is 5.92 Å². The topological polar surface area (TPSA) is 69.6 Å². The number of carbonyl (C=O) groups excluding carboxylic acids is 1. The molecule has 2 atom stereocenters. The Labute approximate surface area is 88.8 Å². The Morgan fingerprint density at radius 2 is 2.27 bits per heavy atom. The van der Waals surface area contributed by atoms with Gasteiger partial charge in [-0.3, -0.25) is 4.79 Å². The quantitative estimate of drug-likeness (QED) is 0.671. The van der Waals surface area contributed by atoms with E-state index in [1.165, 1.54) is 4.90 Å². The minimum atomic E-state index is -0.832. The summed E-state index contributed by atoms with van der Waals surface area (Å²) in [4.78, 5) is 23.8. The van der Waals surface area contributed by atoms with Crippen molar-refractivity contribution in [2.75, 3.05) is 19.6 Å². The summed E-state index contributed by atoms with van der Waals surface area (Å²) in [5, 5.41) is 11.5. The summed E-state index contributed by atoms with van der Waals surface area (Å²) < 4.78 is 0. The van der Waals surface area contributed by atoms with E-state index in [1.54, 1.807) is 6.08 Å². The van der Waals surface area contributed by atoms with Crippen LogP contribution in [0, 0.1) is 11.8 Å². The molecule has 2 unspecified atom stereocenters. The van der Waals surface area contributed by atoms with Crippen LogP contribution in [0.5, 0.6) is 0 Å². The lowest BCUT2D eigenvalue weighted by molar-refractivity contribution is -0.142. The van der Waals surface area contributed by atoms with Crippen molar-refractivity contribution in [2.24, 2.45) is 11.8 Å². The predicted octanol–water partition coefficient (Wildman–Crippen LogP) is 0.534. The molecule has 1 fully saturated rings. The first kappa shape index (κ1) is 11.6. The average Bonchev–Trinajstić information content (AvgIpc) is 2.56. The molecule has 15 heavy (non-hydrogen) atoms. The van der Waals surface area contributed by atoms with E-state index < -0.39 is 11.9 Å². The van der Waals surface area contributed by atoms with E-state index >= 15 is 0 Å². The number of carbonyl (C=O) groups is 2. The summed E-state index contributed by atoms with van der Waals surface area (Å²) >= 11 is 0. The Morgan fingerprint density at radius 3 is 2.73 bits per heavy atom. The van der Waals surface area contributed by atoms with Gasteiger partial charge in [0.05, 0.1) is 5.92 Å². The van der Waals surface area contributed by atoms with Crippen molar-refractivity contribution in [2.45, 2.75) is 6.92 Å². The van der Waals surface area contributed by atoms with Crippen molar-refractivity contribution in [3.63, 3.8) is 0 Å². The van der Waals surface area contributed by atoms with Crippen LogP contribution in [0.2, 0.25) is 0 Å². The maximum atomic E-state index is 11.5. The molecule has 5 nitrogen and oxygen atoms in total. The second-order valence-corrected chi connectivity index (χ2v) is 3.80. The normalized spacial score (nSPS) is 25.0. The highest BCUT2D eigenvalue weighted by Gasteiger charge is 2.36. The lowest BCUT2D eigenvalue weighted by Gasteiger charge is -2.15. The van der Waals surface area contributed by atoms with Gasteiger partial charge in [0.2, 0.25) is 0 Å². The number of likely N-dealkylation sites (tertiary alicyclic amines) is 1. The zero-order valence-corrected chi connectivity index (χ0v) is 8.77. The van der Waals surface area contributed by atoms with E-state index in [-0.39, 0.29) is 11.9 Å². The molecular weight excluding hydrogens is 196 g/mol. The number of urea groups is 1. The predicted molar refractivity (Wildman–Crippen MR) is 55.5 cm³/mol. The molecule has 0 aromatic rings. The first-order valence-electron chi connectivity index (χ1n) is 4.92. The zero-order valence-electron chi connectivity index (χ0n) is 8.77. The van der Waals surface area contributed by atoms with Gasteiger partial charge in [0, 0.05) is 19.6 Å². The Bertz CT molecular complexity index is 278. The molecule has 0 aromatic carbocycles. The van der Waals surface area contributed by atoms with Crippen molar-refractivity contribution >= 4 is 12.0 Å². The van der Waals surface area contributed by atoms with E-state index in [4.69, 9.17) is 5.11 Å². The SMILES string of the molecule is C=CCNC(=O)N1CC(C)C(C(=O)O)C1. The standard InChI is InChI=1S/C10H16N2O3/c1-3-4-11-10(15)12-5-7(2)8(6-12)9(13)14/h3,7-8H,1,4-6H2,2H3,(H,11,15)(H,13,14). The van der Waals surface area contributed by atoms with Crippen LogP contribution >= 0.6 is 0 Å². The van der Waals surface area contributed by atoms with Crippen LogP contribution in [-0.4, -0.2) is 41.6 Å². The van der Waals surface area contributed by atoms with Gasteiger partial charge in [0.15, 0.2) is 0 Å².